The fraction of sp³-hybridized carbons (Fsp3) is 0.294. The van der Waals surface area contributed by atoms with Gasteiger partial charge in [-0.25, -0.2) is 0 Å². The van der Waals surface area contributed by atoms with Crippen molar-refractivity contribution < 1.29 is 9.84 Å². The molecular formula is C17H16BrClO2. The van der Waals surface area contributed by atoms with Crippen molar-refractivity contribution in [3.8, 4) is 5.75 Å². The molecule has 4 heteroatoms. The monoisotopic (exact) mass is 366 g/mol. The summed E-state index contributed by atoms with van der Waals surface area (Å²) >= 11 is 9.63. The Morgan fingerprint density at radius 3 is 2.86 bits per heavy atom. The zero-order valence-electron chi connectivity index (χ0n) is 11.7. The van der Waals surface area contributed by atoms with E-state index < -0.39 is 6.10 Å². The van der Waals surface area contributed by atoms with E-state index in [1.807, 2.05) is 37.3 Å². The molecule has 110 valence electrons. The van der Waals surface area contributed by atoms with Gasteiger partial charge in [-0.15, -0.1) is 0 Å². The zero-order chi connectivity index (χ0) is 15.0. The van der Waals surface area contributed by atoms with Crippen LogP contribution in [-0.4, -0.2) is 11.7 Å². The maximum absolute atomic E-state index is 10.5. The van der Waals surface area contributed by atoms with Gasteiger partial charge in [0.05, 0.1) is 12.7 Å². The molecule has 1 atom stereocenters. The number of rotatable bonds is 3. The summed E-state index contributed by atoms with van der Waals surface area (Å²) in [5, 5.41) is 11.2. The van der Waals surface area contributed by atoms with Gasteiger partial charge in [-0.3, -0.25) is 0 Å². The van der Waals surface area contributed by atoms with Crippen molar-refractivity contribution in [3.05, 3.63) is 62.1 Å². The van der Waals surface area contributed by atoms with E-state index in [0.717, 1.165) is 38.9 Å². The molecule has 0 radical (unpaired) electrons. The van der Waals surface area contributed by atoms with Crippen molar-refractivity contribution in [2.45, 2.75) is 25.9 Å². The number of ether oxygens (including phenoxy) is 1. The Morgan fingerprint density at radius 2 is 2.10 bits per heavy atom. The fourth-order valence-electron chi connectivity index (χ4n) is 2.78. The minimum atomic E-state index is -0.576. The molecule has 0 spiro atoms. The lowest BCUT2D eigenvalue weighted by Crippen LogP contribution is -2.04. The van der Waals surface area contributed by atoms with Gasteiger partial charge in [0.15, 0.2) is 0 Å². The summed E-state index contributed by atoms with van der Waals surface area (Å²) in [6, 6.07) is 9.81. The largest absolute Gasteiger partial charge is 0.493 e. The Hall–Kier alpha value is -1.03. The quantitative estimate of drug-likeness (QED) is 0.857. The Labute approximate surface area is 137 Å². The summed E-state index contributed by atoms with van der Waals surface area (Å²) in [7, 11) is 0. The average molecular weight is 368 g/mol. The average Bonchev–Trinajstić information content (AvgIpc) is 2.85. The standard InChI is InChI=1S/C17H16BrClO2/c1-10-4-12(6-14(18)5-10)16(20)9-13-8-15(19)7-11-2-3-21-17(11)13/h4-8,16,20H,2-3,9H2,1H3. The third-order valence-electron chi connectivity index (χ3n) is 3.69. The van der Waals surface area contributed by atoms with Crippen molar-refractivity contribution in [2.75, 3.05) is 6.61 Å². The first-order chi connectivity index (χ1) is 10.0. The van der Waals surface area contributed by atoms with E-state index in [1.165, 1.54) is 0 Å². The van der Waals surface area contributed by atoms with Crippen molar-refractivity contribution >= 4 is 27.5 Å². The number of hydrogen-bond donors (Lipinski definition) is 1. The topological polar surface area (TPSA) is 29.5 Å². The zero-order valence-corrected chi connectivity index (χ0v) is 14.0. The summed E-state index contributed by atoms with van der Waals surface area (Å²) < 4.78 is 6.67. The number of fused-ring (bicyclic) bond motifs is 1. The van der Waals surface area contributed by atoms with Gasteiger partial charge in [0.1, 0.15) is 5.75 Å². The van der Waals surface area contributed by atoms with E-state index in [2.05, 4.69) is 15.9 Å². The smallest absolute Gasteiger partial charge is 0.126 e. The van der Waals surface area contributed by atoms with Gasteiger partial charge in [0.25, 0.3) is 0 Å². The van der Waals surface area contributed by atoms with Gasteiger partial charge >= 0.3 is 0 Å². The molecule has 2 aromatic carbocycles. The van der Waals surface area contributed by atoms with Crippen LogP contribution < -0.4 is 4.74 Å². The summed E-state index contributed by atoms with van der Waals surface area (Å²) in [4.78, 5) is 0. The van der Waals surface area contributed by atoms with Gasteiger partial charge in [-0.2, -0.15) is 0 Å². The number of aliphatic hydroxyl groups excluding tert-OH is 1. The van der Waals surface area contributed by atoms with E-state index in [9.17, 15) is 5.11 Å². The second-order valence-electron chi connectivity index (χ2n) is 5.43. The van der Waals surface area contributed by atoms with Gasteiger partial charge in [0.2, 0.25) is 0 Å². The molecule has 3 rings (SSSR count). The van der Waals surface area contributed by atoms with E-state index in [-0.39, 0.29) is 0 Å². The lowest BCUT2D eigenvalue weighted by molar-refractivity contribution is 0.177. The first kappa shape index (κ1) is 14.9. The Kier molecular flexibility index (Phi) is 4.25. The maximum atomic E-state index is 10.5. The molecule has 1 unspecified atom stereocenters. The lowest BCUT2D eigenvalue weighted by Gasteiger charge is -2.15. The number of aliphatic hydroxyl groups is 1. The molecule has 21 heavy (non-hydrogen) atoms. The van der Waals surface area contributed by atoms with Gasteiger partial charge in [-0.05, 0) is 53.4 Å². The highest BCUT2D eigenvalue weighted by atomic mass is 79.9. The van der Waals surface area contributed by atoms with Crippen LogP contribution in [0.1, 0.15) is 28.4 Å². The van der Waals surface area contributed by atoms with Crippen LogP contribution in [0.3, 0.4) is 0 Å². The van der Waals surface area contributed by atoms with Crippen molar-refractivity contribution in [1.82, 2.24) is 0 Å². The van der Waals surface area contributed by atoms with Gasteiger partial charge < -0.3 is 9.84 Å². The van der Waals surface area contributed by atoms with Gasteiger partial charge in [0, 0.05) is 22.3 Å². The summed E-state index contributed by atoms with van der Waals surface area (Å²) in [6.45, 7) is 2.70. The predicted molar refractivity (Wildman–Crippen MR) is 88.2 cm³/mol. The van der Waals surface area contributed by atoms with Crippen LogP contribution in [0.5, 0.6) is 5.75 Å². The molecule has 0 amide bonds. The normalized spacial score (nSPS) is 14.7. The van der Waals surface area contributed by atoms with E-state index in [1.54, 1.807) is 0 Å². The van der Waals surface area contributed by atoms with E-state index >= 15 is 0 Å². The first-order valence-corrected chi connectivity index (χ1v) is 8.09. The molecule has 1 aliphatic rings. The van der Waals surface area contributed by atoms with Crippen LogP contribution in [0.25, 0.3) is 0 Å². The van der Waals surface area contributed by atoms with Crippen molar-refractivity contribution in [1.29, 1.82) is 0 Å². The number of benzene rings is 2. The maximum Gasteiger partial charge on any atom is 0.126 e. The summed E-state index contributed by atoms with van der Waals surface area (Å²) in [5.41, 5.74) is 4.12. The minimum absolute atomic E-state index is 0.499. The molecule has 0 fully saturated rings. The minimum Gasteiger partial charge on any atom is -0.493 e. The Balaban J connectivity index is 1.90. The van der Waals surface area contributed by atoms with Crippen molar-refractivity contribution in [2.24, 2.45) is 0 Å². The number of aryl methyl sites for hydroxylation is 1. The van der Waals surface area contributed by atoms with Crippen LogP contribution >= 0.6 is 27.5 Å². The highest BCUT2D eigenvalue weighted by Crippen LogP contribution is 2.35. The highest BCUT2D eigenvalue weighted by molar-refractivity contribution is 9.10. The van der Waals surface area contributed by atoms with Crippen LogP contribution in [0, 0.1) is 6.92 Å². The molecular weight excluding hydrogens is 352 g/mol. The van der Waals surface area contributed by atoms with Crippen molar-refractivity contribution in [3.63, 3.8) is 0 Å². The molecule has 0 aromatic heterocycles. The summed E-state index contributed by atoms with van der Waals surface area (Å²) in [6.07, 6.45) is 0.807. The van der Waals surface area contributed by atoms with Crippen LogP contribution in [0.4, 0.5) is 0 Å². The lowest BCUT2D eigenvalue weighted by atomic mass is 9.98. The molecule has 0 bridgehead atoms. The SMILES string of the molecule is Cc1cc(Br)cc(C(O)Cc2cc(Cl)cc3c2OCC3)c1. The molecule has 2 aromatic rings. The third kappa shape index (κ3) is 3.25. The number of hydrogen-bond acceptors (Lipinski definition) is 2. The highest BCUT2D eigenvalue weighted by Gasteiger charge is 2.20. The van der Waals surface area contributed by atoms with E-state index in [4.69, 9.17) is 16.3 Å². The second kappa shape index (κ2) is 5.99. The molecule has 0 aliphatic carbocycles. The van der Waals surface area contributed by atoms with Gasteiger partial charge in [-0.1, -0.05) is 33.6 Å². The molecule has 0 saturated heterocycles. The molecule has 1 aliphatic heterocycles. The Morgan fingerprint density at radius 1 is 1.29 bits per heavy atom. The molecule has 0 saturated carbocycles. The van der Waals surface area contributed by atoms with Crippen LogP contribution in [0.2, 0.25) is 5.02 Å². The Bertz CT molecular complexity index is 664. The second-order valence-corrected chi connectivity index (χ2v) is 6.79. The fourth-order valence-corrected chi connectivity index (χ4v) is 3.67. The van der Waals surface area contributed by atoms with Crippen LogP contribution in [-0.2, 0) is 12.8 Å². The molecule has 2 nitrogen and oxygen atoms in total. The molecule has 1 heterocycles. The molecule has 1 N–H and O–H groups in total. The third-order valence-corrected chi connectivity index (χ3v) is 4.36. The number of halogens is 2. The summed E-state index contributed by atoms with van der Waals surface area (Å²) in [5.74, 6) is 0.894. The first-order valence-electron chi connectivity index (χ1n) is 6.92. The van der Waals surface area contributed by atoms with E-state index in [0.29, 0.717) is 18.1 Å². The van der Waals surface area contributed by atoms with Crippen LogP contribution in [0.15, 0.2) is 34.8 Å². The predicted octanol–water partition coefficient (Wildman–Crippen LogP) is 4.62.